The van der Waals surface area contributed by atoms with Gasteiger partial charge in [-0.2, -0.15) is 0 Å². The summed E-state index contributed by atoms with van der Waals surface area (Å²) in [6, 6.07) is 13.3. The normalized spacial score (nSPS) is 22.6. The number of aromatic carboxylic acids is 1. The number of carboxylic acid groups (broad SMARTS) is 1. The van der Waals surface area contributed by atoms with Crippen LogP contribution in [-0.4, -0.2) is 83.0 Å². The number of carbonyl (C=O) groups is 3. The van der Waals surface area contributed by atoms with Crippen molar-refractivity contribution in [3.05, 3.63) is 70.0 Å². The number of amides is 2. The number of fused-ring (bicyclic) bond motifs is 6. The molecule has 0 spiro atoms. The van der Waals surface area contributed by atoms with Gasteiger partial charge in [0.05, 0.1) is 12.1 Å². The summed E-state index contributed by atoms with van der Waals surface area (Å²) < 4.78 is 16.4. The number of rotatable bonds is 10. The second kappa shape index (κ2) is 18.1. The van der Waals surface area contributed by atoms with Crippen LogP contribution in [0.2, 0.25) is 0 Å². The van der Waals surface area contributed by atoms with Crippen LogP contribution in [-0.2, 0) is 40.0 Å². The third-order valence-corrected chi connectivity index (χ3v) is 15.5. The molecule has 4 fully saturated rings. The molecular weight excluding hydrogens is 753 g/mol. The van der Waals surface area contributed by atoms with Crippen LogP contribution in [0.4, 0.5) is 0 Å². The first-order valence-electron chi connectivity index (χ1n) is 23.6. The zero-order valence-electron chi connectivity index (χ0n) is 36.0. The van der Waals surface area contributed by atoms with Crippen LogP contribution < -0.4 is 5.32 Å². The Morgan fingerprint density at radius 3 is 1.58 bits per heavy atom. The maximum atomic E-state index is 13.4. The number of nitrogens with one attached hydrogen (secondary N) is 1. The molecule has 60 heavy (non-hydrogen) atoms. The van der Waals surface area contributed by atoms with Gasteiger partial charge >= 0.3 is 5.97 Å². The molecule has 10 heteroatoms. The highest BCUT2D eigenvalue weighted by Crippen LogP contribution is 2.46. The van der Waals surface area contributed by atoms with Crippen molar-refractivity contribution >= 4 is 39.6 Å². The topological polar surface area (TPSA) is 115 Å². The van der Waals surface area contributed by atoms with Crippen molar-refractivity contribution in [2.75, 3.05) is 46.1 Å². The molecule has 2 aromatic carbocycles. The van der Waals surface area contributed by atoms with E-state index in [9.17, 15) is 19.5 Å². The molecule has 0 radical (unpaired) electrons. The Morgan fingerprint density at radius 2 is 1.15 bits per heavy atom. The number of nitrogens with zero attached hydrogens (tertiary/aromatic N) is 3. The molecule has 6 aliphatic rings. The van der Waals surface area contributed by atoms with Gasteiger partial charge in [0.25, 0.3) is 5.91 Å². The lowest BCUT2D eigenvalue weighted by atomic mass is 9.75. The van der Waals surface area contributed by atoms with Crippen LogP contribution in [0.5, 0.6) is 0 Å². The molecule has 2 N–H and O–H groups in total. The number of aromatic nitrogens is 2. The monoisotopic (exact) mass is 818 g/mol. The summed E-state index contributed by atoms with van der Waals surface area (Å²) in [5.74, 6) is 1.96. The first kappa shape index (κ1) is 41.2. The Hall–Kier alpha value is -4.15. The second-order valence-electron chi connectivity index (χ2n) is 18.7. The van der Waals surface area contributed by atoms with Gasteiger partial charge in [0.15, 0.2) is 0 Å². The van der Waals surface area contributed by atoms with Crippen LogP contribution in [0.3, 0.4) is 0 Å². The fourth-order valence-corrected chi connectivity index (χ4v) is 11.7. The second-order valence-corrected chi connectivity index (χ2v) is 18.7. The van der Waals surface area contributed by atoms with Gasteiger partial charge in [-0.1, -0.05) is 0 Å². The summed E-state index contributed by atoms with van der Waals surface area (Å²) in [4.78, 5) is 38.7. The highest BCUT2D eigenvalue weighted by molar-refractivity contribution is 6.01. The molecule has 2 aromatic heterocycles. The minimum atomic E-state index is -0.825. The van der Waals surface area contributed by atoms with Gasteiger partial charge in [0.2, 0.25) is 5.91 Å². The summed E-state index contributed by atoms with van der Waals surface area (Å²) in [5.41, 5.74) is 9.60. The standard InChI is InChI=1S/C28H39N3O3.C22H27NO3/c1-3-29-27(32)18-30(4-2)28(33)21-9-11-26-24(17-21)23-16-20(19-12-14-34-15-13-19)8-10-25(23)31(26)22-6-5-7-22;24-22(25)16-5-7-21-19(13-16)18-12-15(14-8-10-26-11-9-14)4-6-20(18)23(21)17-2-1-3-17/h9,11,17,19-20,22H,3-8,10,12-16,18H2,1-2H3,(H,29,32);5,7,13-15,17H,1-4,6,8-12H2,(H,24,25). The van der Waals surface area contributed by atoms with Gasteiger partial charge in [-0.15, -0.1) is 0 Å². The number of hydrogen-bond donors (Lipinski definition) is 2. The summed E-state index contributed by atoms with van der Waals surface area (Å²) in [7, 11) is 0. The van der Waals surface area contributed by atoms with E-state index in [1.54, 1.807) is 11.0 Å². The number of ether oxygens (including phenoxy) is 2. The Morgan fingerprint density at radius 1 is 0.667 bits per heavy atom. The molecular formula is C50H66N4O6. The van der Waals surface area contributed by atoms with Crippen LogP contribution in [0, 0.1) is 23.7 Å². The van der Waals surface area contributed by atoms with Crippen LogP contribution in [0.25, 0.3) is 21.8 Å². The van der Waals surface area contributed by atoms with Crippen LogP contribution in [0.15, 0.2) is 36.4 Å². The molecule has 2 saturated heterocycles. The Kier molecular flexibility index (Phi) is 12.4. The zero-order chi connectivity index (χ0) is 41.3. The van der Waals surface area contributed by atoms with Gasteiger partial charge in [-0.3, -0.25) is 9.59 Å². The van der Waals surface area contributed by atoms with Crippen LogP contribution >= 0.6 is 0 Å². The summed E-state index contributed by atoms with van der Waals surface area (Å²) in [6.45, 7) is 8.63. The van der Waals surface area contributed by atoms with Crippen molar-refractivity contribution in [2.45, 2.75) is 129 Å². The van der Waals surface area contributed by atoms with Gasteiger partial charge in [0.1, 0.15) is 0 Å². The summed E-state index contributed by atoms with van der Waals surface area (Å²) in [5, 5.41) is 14.7. The fourth-order valence-electron chi connectivity index (χ4n) is 11.7. The van der Waals surface area contributed by atoms with E-state index in [1.807, 2.05) is 26.0 Å². The van der Waals surface area contributed by atoms with Gasteiger partial charge < -0.3 is 33.9 Å². The van der Waals surface area contributed by atoms with E-state index in [4.69, 9.17) is 9.47 Å². The average Bonchev–Trinajstić information content (AvgIpc) is 3.73. The molecule has 10 rings (SSSR count). The number of carbonyl (C=O) groups excluding carboxylic acids is 2. The number of carboxylic acids is 1. The predicted molar refractivity (Wildman–Crippen MR) is 235 cm³/mol. The van der Waals surface area contributed by atoms with Crippen molar-refractivity contribution in [2.24, 2.45) is 23.7 Å². The van der Waals surface area contributed by atoms with E-state index in [0.717, 1.165) is 69.9 Å². The lowest BCUT2D eigenvalue weighted by Crippen LogP contribution is -2.40. The highest BCUT2D eigenvalue weighted by atomic mass is 16.5. The zero-order valence-corrected chi connectivity index (χ0v) is 36.0. The first-order chi connectivity index (χ1) is 29.3. The molecule has 2 atom stereocenters. The lowest BCUT2D eigenvalue weighted by Gasteiger charge is -2.35. The van der Waals surface area contributed by atoms with E-state index in [1.165, 1.54) is 121 Å². The molecule has 2 aliphatic heterocycles. The molecule has 4 heterocycles. The molecule has 2 unspecified atom stereocenters. The fraction of sp³-hybridized carbons (Fsp3) is 0.620. The number of hydrogen-bond acceptors (Lipinski definition) is 5. The van der Waals surface area contributed by atoms with E-state index in [2.05, 4.69) is 32.7 Å². The average molecular weight is 819 g/mol. The van der Waals surface area contributed by atoms with Gasteiger partial charge in [-0.05, 0) is 188 Å². The van der Waals surface area contributed by atoms with Crippen LogP contribution in [0.1, 0.15) is 146 Å². The largest absolute Gasteiger partial charge is 0.478 e. The van der Waals surface area contributed by atoms with Crippen molar-refractivity contribution in [3.63, 3.8) is 0 Å². The van der Waals surface area contributed by atoms with E-state index < -0.39 is 5.97 Å². The number of benzene rings is 2. The Labute approximate surface area is 355 Å². The Bertz CT molecular complexity index is 2200. The minimum Gasteiger partial charge on any atom is -0.478 e. The Balaban J connectivity index is 0.000000159. The summed E-state index contributed by atoms with van der Waals surface area (Å²) >= 11 is 0. The maximum absolute atomic E-state index is 13.4. The van der Waals surface area contributed by atoms with Crippen molar-refractivity contribution < 1.29 is 29.0 Å². The van der Waals surface area contributed by atoms with Gasteiger partial charge in [0, 0.05) is 90.4 Å². The predicted octanol–water partition coefficient (Wildman–Crippen LogP) is 9.09. The molecule has 4 aromatic rings. The van der Waals surface area contributed by atoms with E-state index >= 15 is 0 Å². The molecule has 0 bridgehead atoms. The smallest absolute Gasteiger partial charge is 0.335 e. The molecule has 4 aliphatic carbocycles. The van der Waals surface area contributed by atoms with Crippen molar-refractivity contribution in [1.29, 1.82) is 0 Å². The maximum Gasteiger partial charge on any atom is 0.335 e. The van der Waals surface area contributed by atoms with Gasteiger partial charge in [-0.25, -0.2) is 4.79 Å². The highest BCUT2D eigenvalue weighted by Gasteiger charge is 2.36. The van der Waals surface area contributed by atoms with Crippen molar-refractivity contribution in [1.82, 2.24) is 19.4 Å². The lowest BCUT2D eigenvalue weighted by molar-refractivity contribution is -0.121. The molecule has 2 amide bonds. The minimum absolute atomic E-state index is 0.0578. The molecule has 10 nitrogen and oxygen atoms in total. The van der Waals surface area contributed by atoms with E-state index in [0.29, 0.717) is 42.2 Å². The molecule has 322 valence electrons. The molecule has 2 saturated carbocycles. The quantitative estimate of drug-likeness (QED) is 0.165. The number of likely N-dealkylation sites (N-methyl/N-ethyl adjacent to an activating group) is 2. The third-order valence-electron chi connectivity index (χ3n) is 15.5. The first-order valence-corrected chi connectivity index (χ1v) is 23.6. The third kappa shape index (κ3) is 8.03. The summed E-state index contributed by atoms with van der Waals surface area (Å²) in [6.07, 6.45) is 19.4. The van der Waals surface area contributed by atoms with E-state index in [-0.39, 0.29) is 18.4 Å². The van der Waals surface area contributed by atoms with Crippen molar-refractivity contribution in [3.8, 4) is 0 Å². The SMILES string of the molecule is CCNC(=O)CN(CC)C(=O)c1ccc2c(c1)c1c(n2C2CCC2)CCC(C2CCOCC2)C1.O=C(O)c1ccc2c(c1)c1c(n2C2CCC2)CCC(C2CCOCC2)C1.